The minimum atomic E-state index is -0.464. The summed E-state index contributed by atoms with van der Waals surface area (Å²) in [6.45, 7) is 4.16. The molecule has 2 N–H and O–H groups in total. The smallest absolute Gasteiger partial charge is 0.219 e. The van der Waals surface area contributed by atoms with Gasteiger partial charge < -0.3 is 20.1 Å². The van der Waals surface area contributed by atoms with Gasteiger partial charge in [0.1, 0.15) is 11.5 Å². The molecule has 27 heavy (non-hydrogen) atoms. The van der Waals surface area contributed by atoms with Gasteiger partial charge in [-0.05, 0) is 40.3 Å². The number of carbonyl (C=O) groups is 1. The van der Waals surface area contributed by atoms with E-state index >= 15 is 0 Å². The number of allylic oxidation sites excluding steroid dienone is 1. The van der Waals surface area contributed by atoms with Crippen LogP contribution in [0.1, 0.15) is 38.3 Å². The average molecular weight is 370 g/mol. The number of aromatic nitrogens is 2. The normalized spacial score (nSPS) is 20.7. The van der Waals surface area contributed by atoms with Gasteiger partial charge in [-0.3, -0.25) is 4.79 Å². The van der Waals surface area contributed by atoms with Crippen LogP contribution in [0.3, 0.4) is 0 Å². The van der Waals surface area contributed by atoms with Gasteiger partial charge >= 0.3 is 0 Å². The molecular formula is C19H22N4O4. The first-order valence-corrected chi connectivity index (χ1v) is 8.76. The number of hydrogen-bond donors (Lipinski definition) is 2. The Kier molecular flexibility index (Phi) is 4.05. The van der Waals surface area contributed by atoms with Crippen molar-refractivity contribution in [3.8, 4) is 11.5 Å². The van der Waals surface area contributed by atoms with Crippen molar-refractivity contribution < 1.29 is 18.9 Å². The summed E-state index contributed by atoms with van der Waals surface area (Å²) >= 11 is 0. The summed E-state index contributed by atoms with van der Waals surface area (Å²) in [7, 11) is 3.21. The number of hydrogen-bond acceptors (Lipinski definition) is 8. The van der Waals surface area contributed by atoms with E-state index < -0.39 is 6.04 Å². The van der Waals surface area contributed by atoms with Gasteiger partial charge in [-0.1, -0.05) is 13.8 Å². The SMILES string of the molecule is COc1ccc(OC)c(C2Nc3nonc3NC3=C2C(=O)CC(C)(C)C3)c1. The van der Waals surface area contributed by atoms with E-state index in [0.717, 1.165) is 11.3 Å². The fourth-order valence-electron chi connectivity index (χ4n) is 3.80. The van der Waals surface area contributed by atoms with Gasteiger partial charge in [0.2, 0.25) is 11.6 Å². The van der Waals surface area contributed by atoms with Crippen LogP contribution < -0.4 is 20.1 Å². The molecule has 1 unspecified atom stereocenters. The van der Waals surface area contributed by atoms with Crippen LogP contribution in [0.25, 0.3) is 0 Å². The standard InChI is InChI=1S/C19H22N4O4/c1-19(2)8-12-15(13(24)9-19)16(21-18-17(20-12)22-27-23-18)11-7-10(25-3)5-6-14(11)26-4/h5-7,16H,8-9H2,1-4H3,(H,20,22)(H,21,23). The molecule has 8 nitrogen and oxygen atoms in total. The number of rotatable bonds is 3. The van der Waals surface area contributed by atoms with Gasteiger partial charge in [0, 0.05) is 23.3 Å². The highest BCUT2D eigenvalue weighted by molar-refractivity contribution is 6.00. The predicted molar refractivity (Wildman–Crippen MR) is 98.9 cm³/mol. The number of fused-ring (bicyclic) bond motifs is 1. The number of nitrogens with one attached hydrogen (secondary N) is 2. The number of benzene rings is 1. The Morgan fingerprint density at radius 3 is 2.67 bits per heavy atom. The van der Waals surface area contributed by atoms with Gasteiger partial charge in [-0.25, -0.2) is 4.63 Å². The maximum absolute atomic E-state index is 13.1. The summed E-state index contributed by atoms with van der Waals surface area (Å²) in [6, 6.07) is 5.05. The van der Waals surface area contributed by atoms with Crippen molar-refractivity contribution in [2.45, 2.75) is 32.7 Å². The lowest BCUT2D eigenvalue weighted by molar-refractivity contribution is -0.118. The third-order valence-electron chi connectivity index (χ3n) is 5.00. The van der Waals surface area contributed by atoms with Crippen LogP contribution in [0.2, 0.25) is 0 Å². The number of carbonyl (C=O) groups excluding carboxylic acids is 1. The first kappa shape index (κ1) is 17.4. The second-order valence-electron chi connectivity index (χ2n) is 7.60. The summed E-state index contributed by atoms with van der Waals surface area (Å²) in [5, 5.41) is 14.4. The molecule has 2 heterocycles. The molecule has 1 aliphatic heterocycles. The molecule has 142 valence electrons. The van der Waals surface area contributed by atoms with Crippen LogP contribution in [0.5, 0.6) is 11.5 Å². The van der Waals surface area contributed by atoms with E-state index in [9.17, 15) is 4.79 Å². The molecule has 0 radical (unpaired) electrons. The van der Waals surface area contributed by atoms with Crippen LogP contribution in [-0.2, 0) is 4.79 Å². The Morgan fingerprint density at radius 1 is 1.15 bits per heavy atom. The topological polar surface area (TPSA) is 98.5 Å². The minimum absolute atomic E-state index is 0.0817. The van der Waals surface area contributed by atoms with E-state index in [0.29, 0.717) is 41.5 Å². The van der Waals surface area contributed by atoms with Gasteiger partial charge in [0.05, 0.1) is 20.3 Å². The van der Waals surface area contributed by atoms with Crippen LogP contribution in [0, 0.1) is 5.41 Å². The number of ketones is 1. The molecule has 0 saturated carbocycles. The van der Waals surface area contributed by atoms with Crippen LogP contribution >= 0.6 is 0 Å². The highest BCUT2D eigenvalue weighted by Crippen LogP contribution is 2.46. The van der Waals surface area contributed by atoms with Gasteiger partial charge in [0.25, 0.3) is 0 Å². The van der Waals surface area contributed by atoms with Gasteiger partial charge in [-0.2, -0.15) is 0 Å². The molecule has 0 saturated heterocycles. The van der Waals surface area contributed by atoms with E-state index in [-0.39, 0.29) is 11.2 Å². The largest absolute Gasteiger partial charge is 0.497 e. The Balaban J connectivity index is 1.91. The number of methoxy groups -OCH3 is 2. The van der Waals surface area contributed by atoms with Crippen LogP contribution in [0.15, 0.2) is 34.1 Å². The molecule has 1 aromatic heterocycles. The van der Waals surface area contributed by atoms with Crippen molar-refractivity contribution in [1.82, 2.24) is 10.3 Å². The summed E-state index contributed by atoms with van der Waals surface area (Å²) < 4.78 is 15.8. The van der Waals surface area contributed by atoms with Crippen LogP contribution in [0.4, 0.5) is 11.6 Å². The molecule has 1 aliphatic carbocycles. The molecular weight excluding hydrogens is 348 g/mol. The third kappa shape index (κ3) is 3.01. The second kappa shape index (κ2) is 6.29. The Hall–Kier alpha value is -3.03. The van der Waals surface area contributed by atoms with Crippen molar-refractivity contribution in [2.24, 2.45) is 5.41 Å². The molecule has 0 amide bonds. The van der Waals surface area contributed by atoms with E-state index in [4.69, 9.17) is 14.1 Å². The molecule has 2 aromatic rings. The fraction of sp³-hybridized carbons (Fsp3) is 0.421. The van der Waals surface area contributed by atoms with Crippen molar-refractivity contribution in [1.29, 1.82) is 0 Å². The molecule has 0 bridgehead atoms. The third-order valence-corrected chi connectivity index (χ3v) is 5.00. The second-order valence-corrected chi connectivity index (χ2v) is 7.60. The number of anilines is 2. The zero-order valence-corrected chi connectivity index (χ0v) is 15.8. The lowest BCUT2D eigenvalue weighted by Crippen LogP contribution is -2.31. The Labute approximate surface area is 156 Å². The van der Waals surface area contributed by atoms with Crippen molar-refractivity contribution in [3.63, 3.8) is 0 Å². The lowest BCUT2D eigenvalue weighted by atomic mass is 9.73. The lowest BCUT2D eigenvalue weighted by Gasteiger charge is -2.34. The highest BCUT2D eigenvalue weighted by Gasteiger charge is 2.40. The summed E-state index contributed by atoms with van der Waals surface area (Å²) in [5.74, 6) is 2.33. The summed E-state index contributed by atoms with van der Waals surface area (Å²) in [5.41, 5.74) is 2.14. The molecule has 1 aromatic carbocycles. The molecule has 4 rings (SSSR count). The maximum atomic E-state index is 13.1. The first-order chi connectivity index (χ1) is 12.9. The fourth-order valence-corrected chi connectivity index (χ4v) is 3.80. The van der Waals surface area contributed by atoms with E-state index in [1.54, 1.807) is 14.2 Å². The predicted octanol–water partition coefficient (Wildman–Crippen LogP) is 3.31. The Bertz CT molecular complexity index is 932. The maximum Gasteiger partial charge on any atom is 0.219 e. The van der Waals surface area contributed by atoms with Crippen LogP contribution in [-0.4, -0.2) is 30.3 Å². The zero-order chi connectivity index (χ0) is 19.2. The quantitative estimate of drug-likeness (QED) is 0.849. The number of ether oxygens (including phenoxy) is 2. The molecule has 1 atom stereocenters. The summed E-state index contributed by atoms with van der Waals surface area (Å²) in [6.07, 6.45) is 1.18. The van der Waals surface area contributed by atoms with Gasteiger partial charge in [-0.15, -0.1) is 0 Å². The number of nitrogens with zero attached hydrogens (tertiary/aromatic N) is 2. The molecule has 0 spiro atoms. The number of Topliss-reactive ketones (excluding diaryl/α,β-unsaturated/α-hetero) is 1. The van der Waals surface area contributed by atoms with E-state index in [2.05, 4.69) is 34.8 Å². The molecule has 0 fully saturated rings. The molecule has 8 heteroatoms. The zero-order valence-electron chi connectivity index (χ0n) is 15.8. The van der Waals surface area contributed by atoms with Crippen molar-refractivity contribution >= 4 is 17.4 Å². The minimum Gasteiger partial charge on any atom is -0.497 e. The van der Waals surface area contributed by atoms with E-state index in [1.165, 1.54) is 0 Å². The average Bonchev–Trinajstić information content (AvgIpc) is 2.99. The highest BCUT2D eigenvalue weighted by atomic mass is 16.6. The molecule has 2 aliphatic rings. The first-order valence-electron chi connectivity index (χ1n) is 8.76. The Morgan fingerprint density at radius 2 is 1.93 bits per heavy atom. The monoisotopic (exact) mass is 370 g/mol. The van der Waals surface area contributed by atoms with E-state index in [1.807, 2.05) is 18.2 Å². The van der Waals surface area contributed by atoms with Crippen molar-refractivity contribution in [3.05, 3.63) is 35.0 Å². The summed E-state index contributed by atoms with van der Waals surface area (Å²) in [4.78, 5) is 13.1. The van der Waals surface area contributed by atoms with Crippen molar-refractivity contribution in [2.75, 3.05) is 24.9 Å². The van der Waals surface area contributed by atoms with Gasteiger partial charge in [0.15, 0.2) is 5.78 Å².